The molecule has 1 N–H and O–H groups in total. The van der Waals surface area contributed by atoms with Crippen LogP contribution in [-0.4, -0.2) is 31.4 Å². The number of rotatable bonds is 8. The van der Waals surface area contributed by atoms with Crippen LogP contribution in [-0.2, 0) is 21.4 Å². The highest BCUT2D eigenvalue weighted by Crippen LogP contribution is 2.20. The summed E-state index contributed by atoms with van der Waals surface area (Å²) in [5.74, 6) is -0.539. The molecule has 0 aromatic heterocycles. The molecule has 6 nitrogen and oxygen atoms in total. The molecular weight excluding hydrogens is 546 g/mol. The van der Waals surface area contributed by atoms with Crippen molar-refractivity contribution in [3.8, 4) is 0 Å². The van der Waals surface area contributed by atoms with Gasteiger partial charge in [-0.25, -0.2) is 13.8 Å². The minimum absolute atomic E-state index is 0.0575. The minimum Gasteiger partial charge on any atom is -0.272 e. The molecule has 0 spiro atoms. The Kier molecular flexibility index (Phi) is 8.14. The van der Waals surface area contributed by atoms with Crippen molar-refractivity contribution in [3.05, 3.63) is 98.9 Å². The Hall–Kier alpha value is -2.33. The van der Waals surface area contributed by atoms with Crippen LogP contribution >= 0.6 is 31.9 Å². The van der Waals surface area contributed by atoms with E-state index in [2.05, 4.69) is 42.4 Å². The first-order chi connectivity index (χ1) is 14.8. The molecule has 160 valence electrons. The highest BCUT2D eigenvalue weighted by molar-refractivity contribution is 9.10. The third-order valence-electron chi connectivity index (χ3n) is 4.22. The quantitative estimate of drug-likeness (QED) is 0.322. The van der Waals surface area contributed by atoms with Gasteiger partial charge < -0.3 is 0 Å². The Morgan fingerprint density at radius 3 is 2.32 bits per heavy atom. The Morgan fingerprint density at radius 1 is 0.935 bits per heavy atom. The fourth-order valence-electron chi connectivity index (χ4n) is 2.73. The summed E-state index contributed by atoms with van der Waals surface area (Å²) in [4.78, 5) is 12.6. The van der Waals surface area contributed by atoms with Crippen molar-refractivity contribution in [2.24, 2.45) is 5.10 Å². The monoisotopic (exact) mass is 563 g/mol. The molecule has 3 aromatic carbocycles. The van der Waals surface area contributed by atoms with Crippen LogP contribution in [0.5, 0.6) is 0 Å². The van der Waals surface area contributed by atoms with Crippen molar-refractivity contribution in [1.82, 2.24) is 9.73 Å². The average molecular weight is 565 g/mol. The smallest absolute Gasteiger partial charge is 0.255 e. The van der Waals surface area contributed by atoms with Gasteiger partial charge in [-0.1, -0.05) is 74.3 Å². The van der Waals surface area contributed by atoms with Gasteiger partial charge >= 0.3 is 0 Å². The number of nitrogens with zero attached hydrogens (tertiary/aromatic N) is 2. The molecule has 0 bridgehead atoms. The van der Waals surface area contributed by atoms with Crippen LogP contribution in [0.3, 0.4) is 0 Å². The van der Waals surface area contributed by atoms with E-state index in [1.54, 1.807) is 12.1 Å². The second-order valence-electron chi connectivity index (χ2n) is 6.56. The molecule has 0 aliphatic carbocycles. The summed E-state index contributed by atoms with van der Waals surface area (Å²) < 4.78 is 29.2. The number of hydrogen-bond acceptors (Lipinski definition) is 4. The molecule has 3 aromatic rings. The Morgan fingerprint density at radius 2 is 1.65 bits per heavy atom. The van der Waals surface area contributed by atoms with E-state index in [0.29, 0.717) is 0 Å². The molecule has 0 aliphatic heterocycles. The molecule has 0 atom stereocenters. The number of benzene rings is 3. The maximum Gasteiger partial charge on any atom is 0.255 e. The molecular formula is C22H19Br2N3O3S. The van der Waals surface area contributed by atoms with Crippen molar-refractivity contribution in [2.75, 3.05) is 6.54 Å². The van der Waals surface area contributed by atoms with Gasteiger partial charge in [-0.05, 0) is 47.5 Å². The van der Waals surface area contributed by atoms with Gasteiger partial charge in [0.05, 0.1) is 17.7 Å². The predicted octanol–water partition coefficient (Wildman–Crippen LogP) is 4.55. The van der Waals surface area contributed by atoms with Crippen LogP contribution < -0.4 is 5.43 Å². The maximum absolute atomic E-state index is 13.2. The zero-order valence-electron chi connectivity index (χ0n) is 16.3. The zero-order valence-corrected chi connectivity index (χ0v) is 20.3. The highest BCUT2D eigenvalue weighted by atomic mass is 79.9. The van der Waals surface area contributed by atoms with Gasteiger partial charge in [0.2, 0.25) is 10.0 Å². The lowest BCUT2D eigenvalue weighted by Gasteiger charge is -2.21. The van der Waals surface area contributed by atoms with Gasteiger partial charge in [0.15, 0.2) is 0 Å². The molecule has 31 heavy (non-hydrogen) atoms. The fourth-order valence-corrected chi connectivity index (χ4v) is 4.80. The lowest BCUT2D eigenvalue weighted by atomic mass is 10.2. The first kappa shape index (κ1) is 23.3. The third-order valence-corrected chi connectivity index (χ3v) is 7.05. The molecule has 0 saturated heterocycles. The summed E-state index contributed by atoms with van der Waals surface area (Å²) in [5, 5.41) is 3.94. The van der Waals surface area contributed by atoms with Gasteiger partial charge in [0.1, 0.15) is 0 Å². The summed E-state index contributed by atoms with van der Waals surface area (Å²) >= 11 is 6.67. The summed E-state index contributed by atoms with van der Waals surface area (Å²) in [6.07, 6.45) is 1.49. The van der Waals surface area contributed by atoms with E-state index in [0.717, 1.165) is 24.4 Å². The number of carbonyl (C=O) groups excluding carboxylic acids is 1. The van der Waals surface area contributed by atoms with Gasteiger partial charge in [-0.2, -0.15) is 9.41 Å². The molecule has 0 saturated carbocycles. The van der Waals surface area contributed by atoms with Crippen LogP contribution in [0, 0.1) is 0 Å². The largest absolute Gasteiger partial charge is 0.272 e. The number of nitrogens with one attached hydrogen (secondary N) is 1. The topological polar surface area (TPSA) is 78.8 Å². The lowest BCUT2D eigenvalue weighted by molar-refractivity contribution is -0.121. The third kappa shape index (κ3) is 6.83. The lowest BCUT2D eigenvalue weighted by Crippen LogP contribution is -2.39. The van der Waals surface area contributed by atoms with Crippen LogP contribution in [0.1, 0.15) is 11.1 Å². The number of sulfonamides is 1. The van der Waals surface area contributed by atoms with E-state index in [1.165, 1.54) is 18.3 Å². The first-order valence-corrected chi connectivity index (χ1v) is 12.2. The highest BCUT2D eigenvalue weighted by Gasteiger charge is 2.26. The Bertz CT molecular complexity index is 1170. The van der Waals surface area contributed by atoms with Crippen LogP contribution in [0.4, 0.5) is 0 Å². The summed E-state index contributed by atoms with van der Waals surface area (Å²) in [6, 6.07) is 22.8. The van der Waals surface area contributed by atoms with Crippen LogP contribution in [0.15, 0.2) is 97.8 Å². The van der Waals surface area contributed by atoms with Crippen LogP contribution in [0.25, 0.3) is 0 Å². The summed E-state index contributed by atoms with van der Waals surface area (Å²) in [7, 11) is -3.90. The van der Waals surface area contributed by atoms with E-state index in [9.17, 15) is 13.2 Å². The zero-order chi connectivity index (χ0) is 22.3. The molecule has 0 radical (unpaired) electrons. The Balaban J connectivity index is 1.77. The molecule has 0 heterocycles. The van der Waals surface area contributed by atoms with Crippen LogP contribution in [0.2, 0.25) is 0 Å². The minimum atomic E-state index is -3.90. The second kappa shape index (κ2) is 10.8. The van der Waals surface area contributed by atoms with E-state index in [4.69, 9.17) is 0 Å². The SMILES string of the molecule is O=C(CN(Cc1ccccc1)S(=O)(=O)c1ccc(Br)cc1)N/N=C\c1cccc(Br)c1. The number of amides is 1. The summed E-state index contributed by atoms with van der Waals surface area (Å²) in [5.41, 5.74) is 3.96. The van der Waals surface area contributed by atoms with Gasteiger partial charge in [-0.3, -0.25) is 4.79 Å². The van der Waals surface area contributed by atoms with E-state index in [1.807, 2.05) is 54.6 Å². The van der Waals surface area contributed by atoms with Crippen molar-refractivity contribution >= 4 is 54.0 Å². The average Bonchev–Trinajstić information content (AvgIpc) is 2.74. The molecule has 0 fully saturated rings. The van der Waals surface area contributed by atoms with Crippen molar-refractivity contribution in [3.63, 3.8) is 0 Å². The first-order valence-electron chi connectivity index (χ1n) is 9.22. The molecule has 1 amide bonds. The predicted molar refractivity (Wildman–Crippen MR) is 128 cm³/mol. The molecule has 9 heteroatoms. The molecule has 3 rings (SSSR count). The van der Waals surface area contributed by atoms with Gasteiger partial charge in [-0.15, -0.1) is 0 Å². The number of carbonyl (C=O) groups is 1. The number of hydrazone groups is 1. The number of hydrogen-bond donors (Lipinski definition) is 1. The van der Waals surface area contributed by atoms with E-state index >= 15 is 0 Å². The second-order valence-corrected chi connectivity index (χ2v) is 10.3. The van der Waals surface area contributed by atoms with E-state index in [-0.39, 0.29) is 18.0 Å². The fraction of sp³-hybridized carbons (Fsp3) is 0.0909. The molecule has 0 aliphatic rings. The van der Waals surface area contributed by atoms with Crippen molar-refractivity contribution < 1.29 is 13.2 Å². The Labute approximate surface area is 198 Å². The van der Waals surface area contributed by atoms with Crippen molar-refractivity contribution in [1.29, 1.82) is 0 Å². The number of halogens is 2. The maximum atomic E-state index is 13.2. The van der Waals surface area contributed by atoms with Crippen molar-refractivity contribution in [2.45, 2.75) is 11.4 Å². The standard InChI is InChI=1S/C22H19Br2N3O3S/c23-19-9-11-21(12-10-19)31(29,30)27(15-17-5-2-1-3-6-17)16-22(28)26-25-14-18-7-4-8-20(24)13-18/h1-14H,15-16H2,(H,26,28)/b25-14-. The molecule has 0 unspecified atom stereocenters. The summed E-state index contributed by atoms with van der Waals surface area (Å²) in [6.45, 7) is -0.314. The van der Waals surface area contributed by atoms with E-state index < -0.39 is 15.9 Å². The van der Waals surface area contributed by atoms with Gasteiger partial charge in [0.25, 0.3) is 5.91 Å². The normalized spacial score (nSPS) is 11.7. The van der Waals surface area contributed by atoms with Gasteiger partial charge in [0, 0.05) is 15.5 Å².